The van der Waals surface area contributed by atoms with E-state index < -0.39 is 17.9 Å². The normalized spacial score (nSPS) is 18.1. The highest BCUT2D eigenvalue weighted by molar-refractivity contribution is 6.10. The zero-order valence-electron chi connectivity index (χ0n) is 18.5. The van der Waals surface area contributed by atoms with Crippen LogP contribution in [0.5, 0.6) is 23.0 Å². The standard InChI is InChI=1S/C26H23NO7/c1-31-21-8-4-5-9-22(21)32-13-12-27-19-7-3-2-6-18(19)26(30,25(27)29)15-20(28)17-10-11-23-24(14-17)34-16-33-23/h2-11,14,30H,12-13,15-16H2,1H3. The molecular formula is C26H23NO7. The van der Waals surface area contributed by atoms with Crippen molar-refractivity contribution in [1.29, 1.82) is 0 Å². The number of anilines is 1. The minimum atomic E-state index is -1.98. The number of rotatable bonds is 8. The molecular weight excluding hydrogens is 438 g/mol. The van der Waals surface area contributed by atoms with Crippen LogP contribution in [0.25, 0.3) is 0 Å². The van der Waals surface area contributed by atoms with E-state index in [-0.39, 0.29) is 25.7 Å². The highest BCUT2D eigenvalue weighted by Crippen LogP contribution is 2.43. The number of fused-ring (bicyclic) bond motifs is 2. The third-order valence-corrected chi connectivity index (χ3v) is 5.99. The van der Waals surface area contributed by atoms with Gasteiger partial charge in [0.05, 0.1) is 25.8 Å². The second-order valence-electron chi connectivity index (χ2n) is 8.00. The van der Waals surface area contributed by atoms with Gasteiger partial charge in [0, 0.05) is 11.1 Å². The van der Waals surface area contributed by atoms with Crippen molar-refractivity contribution in [2.24, 2.45) is 0 Å². The lowest BCUT2D eigenvalue weighted by Gasteiger charge is -2.23. The van der Waals surface area contributed by atoms with Crippen LogP contribution in [0.1, 0.15) is 22.3 Å². The molecule has 0 fully saturated rings. The van der Waals surface area contributed by atoms with Crippen LogP contribution in [0.4, 0.5) is 5.69 Å². The third-order valence-electron chi connectivity index (χ3n) is 5.99. The fourth-order valence-electron chi connectivity index (χ4n) is 4.29. The van der Waals surface area contributed by atoms with Gasteiger partial charge in [-0.05, 0) is 36.4 Å². The fourth-order valence-corrected chi connectivity index (χ4v) is 4.29. The SMILES string of the molecule is COc1ccccc1OCCN1C(=O)C(O)(CC(=O)c2ccc3c(c2)OCO3)c2ccccc21. The van der Waals surface area contributed by atoms with Crippen LogP contribution in [-0.4, -0.2) is 43.9 Å². The number of carbonyl (C=O) groups excluding carboxylic acids is 2. The number of hydrogen-bond acceptors (Lipinski definition) is 7. The molecule has 0 radical (unpaired) electrons. The minimum Gasteiger partial charge on any atom is -0.493 e. The molecule has 1 N–H and O–H groups in total. The van der Waals surface area contributed by atoms with Crippen LogP contribution in [0.3, 0.4) is 0 Å². The first-order valence-electron chi connectivity index (χ1n) is 10.8. The zero-order chi connectivity index (χ0) is 23.7. The van der Waals surface area contributed by atoms with Gasteiger partial charge in [-0.1, -0.05) is 30.3 Å². The summed E-state index contributed by atoms with van der Waals surface area (Å²) in [5.41, 5.74) is -0.696. The molecule has 0 aromatic heterocycles. The predicted molar refractivity (Wildman–Crippen MR) is 123 cm³/mol. The van der Waals surface area contributed by atoms with Gasteiger partial charge >= 0.3 is 0 Å². The lowest BCUT2D eigenvalue weighted by atomic mass is 9.88. The molecule has 8 nitrogen and oxygen atoms in total. The van der Waals surface area contributed by atoms with Crippen molar-refractivity contribution >= 4 is 17.4 Å². The van der Waals surface area contributed by atoms with Crippen LogP contribution in [-0.2, 0) is 10.4 Å². The fraction of sp³-hybridized carbons (Fsp3) is 0.231. The number of Topliss-reactive ketones (excluding diaryl/α,β-unsaturated/α-hetero) is 1. The van der Waals surface area contributed by atoms with Crippen LogP contribution in [0.15, 0.2) is 66.7 Å². The van der Waals surface area contributed by atoms with Gasteiger partial charge in [0.15, 0.2) is 34.4 Å². The predicted octanol–water partition coefficient (Wildman–Crippen LogP) is 3.31. The Morgan fingerprint density at radius 2 is 1.76 bits per heavy atom. The molecule has 5 rings (SSSR count). The van der Waals surface area contributed by atoms with E-state index in [0.29, 0.717) is 39.8 Å². The van der Waals surface area contributed by atoms with Gasteiger partial charge in [0.2, 0.25) is 6.79 Å². The Kier molecular flexibility index (Phi) is 5.59. The number of ether oxygens (including phenoxy) is 4. The second kappa shape index (κ2) is 8.72. The van der Waals surface area contributed by atoms with Crippen molar-refractivity contribution in [3.8, 4) is 23.0 Å². The topological polar surface area (TPSA) is 94.5 Å². The summed E-state index contributed by atoms with van der Waals surface area (Å²) >= 11 is 0. The summed E-state index contributed by atoms with van der Waals surface area (Å²) in [5, 5.41) is 11.5. The molecule has 0 bridgehead atoms. The van der Waals surface area contributed by atoms with Gasteiger partial charge in [-0.2, -0.15) is 0 Å². The molecule has 3 aromatic rings. The van der Waals surface area contributed by atoms with Crippen molar-refractivity contribution < 1.29 is 33.6 Å². The van der Waals surface area contributed by atoms with Crippen molar-refractivity contribution in [3.05, 3.63) is 77.9 Å². The summed E-state index contributed by atoms with van der Waals surface area (Å²) in [5.74, 6) is 1.21. The largest absolute Gasteiger partial charge is 0.493 e. The highest BCUT2D eigenvalue weighted by atomic mass is 16.7. The Morgan fingerprint density at radius 1 is 1.03 bits per heavy atom. The van der Waals surface area contributed by atoms with Crippen molar-refractivity contribution in [2.45, 2.75) is 12.0 Å². The maximum atomic E-state index is 13.4. The molecule has 0 saturated heterocycles. The van der Waals surface area contributed by atoms with Crippen LogP contribution in [0.2, 0.25) is 0 Å². The average Bonchev–Trinajstić information content (AvgIpc) is 3.41. The Bertz CT molecular complexity index is 1260. The average molecular weight is 461 g/mol. The smallest absolute Gasteiger partial charge is 0.264 e. The molecule has 1 unspecified atom stereocenters. The number of carbonyl (C=O) groups is 2. The first kappa shape index (κ1) is 21.8. The Hall–Kier alpha value is -4.04. The van der Waals surface area contributed by atoms with Crippen LogP contribution in [0, 0.1) is 0 Å². The first-order valence-corrected chi connectivity index (χ1v) is 10.8. The van der Waals surface area contributed by atoms with E-state index in [2.05, 4.69) is 0 Å². The number of nitrogens with zero attached hydrogens (tertiary/aromatic N) is 1. The lowest BCUT2D eigenvalue weighted by Crippen LogP contribution is -2.43. The Balaban J connectivity index is 1.35. The van der Waals surface area contributed by atoms with E-state index in [1.54, 1.807) is 61.7 Å². The highest BCUT2D eigenvalue weighted by Gasteiger charge is 2.50. The summed E-state index contributed by atoms with van der Waals surface area (Å²) in [7, 11) is 1.56. The zero-order valence-corrected chi connectivity index (χ0v) is 18.5. The number of methoxy groups -OCH3 is 1. The third kappa shape index (κ3) is 3.72. The number of amides is 1. The molecule has 1 atom stereocenters. The van der Waals surface area contributed by atoms with Gasteiger partial charge in [-0.15, -0.1) is 0 Å². The van der Waals surface area contributed by atoms with E-state index in [9.17, 15) is 14.7 Å². The molecule has 8 heteroatoms. The first-order chi connectivity index (χ1) is 16.5. The number of hydrogen-bond donors (Lipinski definition) is 1. The molecule has 0 saturated carbocycles. The molecule has 34 heavy (non-hydrogen) atoms. The van der Waals surface area contributed by atoms with Crippen LogP contribution >= 0.6 is 0 Å². The summed E-state index contributed by atoms with van der Waals surface area (Å²) in [6, 6.07) is 19.0. The van der Waals surface area contributed by atoms with Gasteiger partial charge in [0.1, 0.15) is 6.61 Å². The van der Waals surface area contributed by atoms with Gasteiger partial charge in [-0.25, -0.2) is 0 Å². The van der Waals surface area contributed by atoms with E-state index in [0.717, 1.165) is 0 Å². The number of benzene rings is 3. The van der Waals surface area contributed by atoms with Crippen molar-refractivity contribution in [2.75, 3.05) is 32.0 Å². The van der Waals surface area contributed by atoms with Crippen LogP contribution < -0.4 is 23.8 Å². The lowest BCUT2D eigenvalue weighted by molar-refractivity contribution is -0.135. The van der Waals surface area contributed by atoms with Gasteiger partial charge < -0.3 is 29.0 Å². The summed E-state index contributed by atoms with van der Waals surface area (Å²) in [6.45, 7) is 0.454. The number of aliphatic hydroxyl groups is 1. The number of para-hydroxylation sites is 3. The second-order valence-corrected chi connectivity index (χ2v) is 8.00. The van der Waals surface area contributed by atoms with Gasteiger partial charge in [-0.3, -0.25) is 9.59 Å². The molecule has 2 aliphatic rings. The molecule has 1 amide bonds. The van der Waals surface area contributed by atoms with Gasteiger partial charge in [0.25, 0.3) is 5.91 Å². The molecule has 2 aliphatic heterocycles. The Labute approximate surface area is 196 Å². The van der Waals surface area contributed by atoms with E-state index >= 15 is 0 Å². The maximum Gasteiger partial charge on any atom is 0.264 e. The Morgan fingerprint density at radius 3 is 2.59 bits per heavy atom. The molecule has 3 aromatic carbocycles. The van der Waals surface area contributed by atoms with E-state index in [4.69, 9.17) is 18.9 Å². The molecule has 0 spiro atoms. The molecule has 174 valence electrons. The van der Waals surface area contributed by atoms with E-state index in [1.807, 2.05) is 12.1 Å². The molecule has 2 heterocycles. The van der Waals surface area contributed by atoms with Crippen molar-refractivity contribution in [3.63, 3.8) is 0 Å². The maximum absolute atomic E-state index is 13.4. The quantitative estimate of drug-likeness (QED) is 0.515. The molecule has 0 aliphatic carbocycles. The van der Waals surface area contributed by atoms with E-state index in [1.165, 1.54) is 4.90 Å². The van der Waals surface area contributed by atoms with Crippen molar-refractivity contribution in [1.82, 2.24) is 0 Å². The summed E-state index contributed by atoms with van der Waals surface area (Å²) < 4.78 is 21.7. The number of ketones is 1. The monoisotopic (exact) mass is 461 g/mol. The minimum absolute atomic E-state index is 0.0919. The summed E-state index contributed by atoms with van der Waals surface area (Å²) in [4.78, 5) is 27.9. The summed E-state index contributed by atoms with van der Waals surface area (Å²) in [6.07, 6.45) is -0.396.